The highest BCUT2D eigenvalue weighted by Crippen LogP contribution is 2.33. The third-order valence-electron chi connectivity index (χ3n) is 3.99. The average Bonchev–Trinajstić information content (AvgIpc) is 2.85. The second-order valence-electron chi connectivity index (χ2n) is 5.38. The number of nitrogens with two attached hydrogens (primary N) is 1. The Bertz CT molecular complexity index is 792. The van der Waals surface area contributed by atoms with Crippen molar-refractivity contribution in [2.24, 2.45) is 0 Å². The van der Waals surface area contributed by atoms with Crippen LogP contribution in [0, 0.1) is 0 Å². The number of para-hydroxylation sites is 1. The fourth-order valence-corrected chi connectivity index (χ4v) is 3.03. The van der Waals surface area contributed by atoms with Crippen molar-refractivity contribution >= 4 is 23.0 Å². The van der Waals surface area contributed by atoms with Gasteiger partial charge in [0, 0.05) is 24.6 Å². The van der Waals surface area contributed by atoms with Crippen LogP contribution in [0.25, 0.3) is 5.65 Å². The molecular formula is C16H17N5. The largest absolute Gasteiger partial charge is 0.382 e. The molecule has 3 heterocycles. The fourth-order valence-electron chi connectivity index (χ4n) is 3.03. The van der Waals surface area contributed by atoms with E-state index in [4.69, 9.17) is 5.73 Å². The number of nitrogens with zero attached hydrogens (tertiary/aromatic N) is 4. The van der Waals surface area contributed by atoms with Crippen molar-refractivity contribution < 1.29 is 0 Å². The molecule has 0 radical (unpaired) electrons. The average molecular weight is 279 g/mol. The molecule has 0 fully saturated rings. The molecule has 0 bridgehead atoms. The van der Waals surface area contributed by atoms with Crippen LogP contribution < -0.4 is 10.6 Å². The Morgan fingerprint density at radius 1 is 1.14 bits per heavy atom. The first-order chi connectivity index (χ1) is 10.3. The Hall–Kier alpha value is -2.56. The Morgan fingerprint density at radius 2 is 2.05 bits per heavy atom. The predicted octanol–water partition coefficient (Wildman–Crippen LogP) is 2.79. The lowest BCUT2D eigenvalue weighted by Gasteiger charge is -2.24. The van der Waals surface area contributed by atoms with E-state index in [2.05, 4.69) is 39.1 Å². The molecule has 1 aromatic carbocycles. The summed E-state index contributed by atoms with van der Waals surface area (Å²) in [6.45, 7) is 0.940. The molecule has 106 valence electrons. The zero-order chi connectivity index (χ0) is 14.2. The lowest BCUT2D eigenvalue weighted by molar-refractivity contribution is 0.758. The first-order valence-electron chi connectivity index (χ1n) is 7.27. The summed E-state index contributed by atoms with van der Waals surface area (Å²) >= 11 is 0. The minimum atomic E-state index is 0.511. The van der Waals surface area contributed by atoms with Gasteiger partial charge >= 0.3 is 0 Å². The molecule has 0 aliphatic carbocycles. The van der Waals surface area contributed by atoms with Crippen LogP contribution >= 0.6 is 0 Å². The van der Waals surface area contributed by atoms with E-state index in [1.165, 1.54) is 17.7 Å². The zero-order valence-corrected chi connectivity index (χ0v) is 11.7. The van der Waals surface area contributed by atoms with Gasteiger partial charge in [-0.25, -0.2) is 9.97 Å². The van der Waals surface area contributed by atoms with Gasteiger partial charge in [0.2, 0.25) is 0 Å². The van der Waals surface area contributed by atoms with Crippen LogP contribution in [0.4, 0.5) is 17.3 Å². The number of anilines is 3. The van der Waals surface area contributed by atoms with E-state index >= 15 is 0 Å². The molecule has 0 unspecified atom stereocenters. The summed E-state index contributed by atoms with van der Waals surface area (Å²) in [5, 5.41) is 0. The SMILES string of the molecule is Nc1cn2ccnc2c(N2CCCCc3ccccc32)n1. The van der Waals surface area contributed by atoms with E-state index in [0.29, 0.717) is 5.82 Å². The number of imidazole rings is 1. The Balaban J connectivity index is 1.94. The highest BCUT2D eigenvalue weighted by atomic mass is 15.2. The van der Waals surface area contributed by atoms with Crippen molar-refractivity contribution in [2.75, 3.05) is 17.2 Å². The van der Waals surface area contributed by atoms with Gasteiger partial charge in [-0.05, 0) is 30.9 Å². The van der Waals surface area contributed by atoms with E-state index in [1.807, 2.05) is 10.6 Å². The second-order valence-corrected chi connectivity index (χ2v) is 5.38. The molecule has 1 aliphatic heterocycles. The standard InChI is InChI=1S/C16H17N5/c17-14-11-20-10-8-18-15(20)16(19-14)21-9-4-3-6-12-5-1-2-7-13(12)21/h1-2,5,7-8,10-11H,3-4,6,9,17H2. The molecule has 5 nitrogen and oxygen atoms in total. The number of hydrogen-bond donors (Lipinski definition) is 1. The van der Waals surface area contributed by atoms with Crippen LogP contribution in [0.2, 0.25) is 0 Å². The fraction of sp³-hybridized carbons (Fsp3) is 0.250. The van der Waals surface area contributed by atoms with Crippen molar-refractivity contribution in [3.05, 3.63) is 48.4 Å². The van der Waals surface area contributed by atoms with Crippen LogP contribution in [-0.2, 0) is 6.42 Å². The van der Waals surface area contributed by atoms with Crippen LogP contribution in [0.15, 0.2) is 42.9 Å². The zero-order valence-electron chi connectivity index (χ0n) is 11.7. The summed E-state index contributed by atoms with van der Waals surface area (Å²) in [5.41, 5.74) is 9.40. The molecular weight excluding hydrogens is 262 g/mol. The molecule has 3 aromatic rings. The Labute approximate surface area is 123 Å². The van der Waals surface area contributed by atoms with Crippen LogP contribution in [-0.4, -0.2) is 20.9 Å². The molecule has 0 saturated carbocycles. The molecule has 0 amide bonds. The molecule has 1 aliphatic rings. The number of hydrogen-bond acceptors (Lipinski definition) is 4. The molecule has 21 heavy (non-hydrogen) atoms. The first-order valence-corrected chi connectivity index (χ1v) is 7.27. The van der Waals surface area contributed by atoms with Crippen molar-refractivity contribution in [2.45, 2.75) is 19.3 Å². The second kappa shape index (κ2) is 4.77. The first kappa shape index (κ1) is 12.2. The minimum absolute atomic E-state index is 0.511. The molecule has 4 rings (SSSR count). The van der Waals surface area contributed by atoms with E-state index in [0.717, 1.165) is 30.9 Å². The maximum atomic E-state index is 5.96. The molecule has 0 saturated heterocycles. The van der Waals surface area contributed by atoms with Gasteiger partial charge in [-0.15, -0.1) is 0 Å². The smallest absolute Gasteiger partial charge is 0.180 e. The number of aromatic nitrogens is 3. The third-order valence-corrected chi connectivity index (χ3v) is 3.99. The molecule has 2 aromatic heterocycles. The molecule has 0 atom stereocenters. The minimum Gasteiger partial charge on any atom is -0.382 e. The van der Waals surface area contributed by atoms with Gasteiger partial charge in [-0.3, -0.25) is 0 Å². The normalized spacial score (nSPS) is 15.0. The topological polar surface area (TPSA) is 59.5 Å². The van der Waals surface area contributed by atoms with Crippen LogP contribution in [0.5, 0.6) is 0 Å². The van der Waals surface area contributed by atoms with Gasteiger partial charge in [0.1, 0.15) is 5.82 Å². The number of fused-ring (bicyclic) bond motifs is 2. The molecule has 2 N–H and O–H groups in total. The lowest BCUT2D eigenvalue weighted by Crippen LogP contribution is -2.20. The van der Waals surface area contributed by atoms with E-state index in [-0.39, 0.29) is 0 Å². The van der Waals surface area contributed by atoms with Crippen molar-refractivity contribution in [1.29, 1.82) is 0 Å². The monoisotopic (exact) mass is 279 g/mol. The summed E-state index contributed by atoms with van der Waals surface area (Å²) in [4.78, 5) is 11.3. The van der Waals surface area contributed by atoms with Gasteiger partial charge < -0.3 is 15.0 Å². The maximum Gasteiger partial charge on any atom is 0.180 e. The Morgan fingerprint density at radius 3 is 3.00 bits per heavy atom. The summed E-state index contributed by atoms with van der Waals surface area (Å²) in [6, 6.07) is 8.53. The van der Waals surface area contributed by atoms with Crippen LogP contribution in [0.1, 0.15) is 18.4 Å². The summed E-state index contributed by atoms with van der Waals surface area (Å²) < 4.78 is 1.94. The number of rotatable bonds is 1. The number of benzene rings is 1. The van der Waals surface area contributed by atoms with Crippen LogP contribution in [0.3, 0.4) is 0 Å². The van der Waals surface area contributed by atoms with Crippen molar-refractivity contribution in [1.82, 2.24) is 14.4 Å². The van der Waals surface area contributed by atoms with E-state index in [9.17, 15) is 0 Å². The van der Waals surface area contributed by atoms with Gasteiger partial charge in [0.05, 0.1) is 6.20 Å². The highest BCUT2D eigenvalue weighted by Gasteiger charge is 2.20. The highest BCUT2D eigenvalue weighted by molar-refractivity contribution is 5.75. The van der Waals surface area contributed by atoms with Gasteiger partial charge in [-0.2, -0.15) is 0 Å². The van der Waals surface area contributed by atoms with E-state index in [1.54, 1.807) is 12.4 Å². The third kappa shape index (κ3) is 2.01. The van der Waals surface area contributed by atoms with Gasteiger partial charge in [0.25, 0.3) is 0 Å². The quantitative estimate of drug-likeness (QED) is 0.744. The number of aryl methyl sites for hydroxylation is 1. The summed E-state index contributed by atoms with van der Waals surface area (Å²) in [5.74, 6) is 1.35. The lowest BCUT2D eigenvalue weighted by atomic mass is 10.1. The number of nitrogen functional groups attached to an aromatic ring is 1. The Kier molecular flexibility index (Phi) is 2.77. The van der Waals surface area contributed by atoms with Crippen molar-refractivity contribution in [3.8, 4) is 0 Å². The summed E-state index contributed by atoms with van der Waals surface area (Å²) in [6.07, 6.45) is 8.93. The van der Waals surface area contributed by atoms with Gasteiger partial charge in [0.15, 0.2) is 11.5 Å². The maximum absolute atomic E-state index is 5.96. The molecule has 5 heteroatoms. The van der Waals surface area contributed by atoms with Gasteiger partial charge in [-0.1, -0.05) is 18.2 Å². The van der Waals surface area contributed by atoms with E-state index < -0.39 is 0 Å². The van der Waals surface area contributed by atoms with Crippen molar-refractivity contribution in [3.63, 3.8) is 0 Å². The predicted molar refractivity (Wildman–Crippen MR) is 83.8 cm³/mol. The molecule has 0 spiro atoms. The summed E-state index contributed by atoms with van der Waals surface area (Å²) in [7, 11) is 0.